The van der Waals surface area contributed by atoms with Gasteiger partial charge in [0.2, 0.25) is 0 Å². The summed E-state index contributed by atoms with van der Waals surface area (Å²) in [5, 5.41) is 0. The Hall–Kier alpha value is 0.310. The van der Waals surface area contributed by atoms with E-state index < -0.39 is 0 Å². The Morgan fingerprint density at radius 3 is 2.26 bits per heavy atom. The topological polar surface area (TPSA) is 9.23 Å². The molecular formula is C17H34OS. The van der Waals surface area contributed by atoms with Gasteiger partial charge in [0.15, 0.2) is 0 Å². The maximum Gasteiger partial charge on any atom is 0.0576 e. The van der Waals surface area contributed by atoms with Gasteiger partial charge in [0.05, 0.1) is 6.10 Å². The predicted octanol–water partition coefficient (Wildman–Crippen LogP) is 5.82. The van der Waals surface area contributed by atoms with Crippen LogP contribution in [0.5, 0.6) is 0 Å². The normalized spacial score (nSPS) is 19.1. The van der Waals surface area contributed by atoms with Gasteiger partial charge in [-0.15, -0.1) is 0 Å². The van der Waals surface area contributed by atoms with E-state index in [1.54, 1.807) is 0 Å². The summed E-state index contributed by atoms with van der Waals surface area (Å²) in [6, 6.07) is 0. The van der Waals surface area contributed by atoms with E-state index in [2.05, 4.69) is 18.7 Å². The van der Waals surface area contributed by atoms with E-state index in [0.717, 1.165) is 6.61 Å². The zero-order valence-corrected chi connectivity index (χ0v) is 13.8. The van der Waals surface area contributed by atoms with E-state index in [0.29, 0.717) is 6.10 Å². The molecule has 0 aromatic rings. The summed E-state index contributed by atoms with van der Waals surface area (Å²) in [7, 11) is 0. The lowest BCUT2D eigenvalue weighted by atomic mass is 10.1. The Bertz CT molecular complexity index is 178. The monoisotopic (exact) mass is 286 g/mol. The molecule has 19 heavy (non-hydrogen) atoms. The van der Waals surface area contributed by atoms with Gasteiger partial charge in [-0.05, 0) is 43.6 Å². The molecule has 114 valence electrons. The van der Waals surface area contributed by atoms with E-state index in [1.165, 1.54) is 88.6 Å². The third-order valence-corrected chi connectivity index (χ3v) is 5.14. The summed E-state index contributed by atoms with van der Waals surface area (Å²) < 4.78 is 5.65. The van der Waals surface area contributed by atoms with Gasteiger partial charge in [-0.3, -0.25) is 0 Å². The molecule has 1 aliphatic rings. The second-order valence-electron chi connectivity index (χ2n) is 5.86. The highest BCUT2D eigenvalue weighted by Crippen LogP contribution is 2.19. The molecule has 0 aliphatic carbocycles. The van der Waals surface area contributed by atoms with Gasteiger partial charge >= 0.3 is 0 Å². The SMILES string of the molecule is CCCCCCCCCSCCCCC1CCCO1. The number of unbranched alkanes of at least 4 members (excludes halogenated alkanes) is 7. The lowest BCUT2D eigenvalue weighted by molar-refractivity contribution is 0.102. The average Bonchev–Trinajstić information content (AvgIpc) is 2.93. The van der Waals surface area contributed by atoms with Gasteiger partial charge in [-0.1, -0.05) is 51.9 Å². The molecule has 1 saturated heterocycles. The first-order valence-electron chi connectivity index (χ1n) is 8.63. The molecule has 1 nitrogen and oxygen atoms in total. The van der Waals surface area contributed by atoms with Crippen LogP contribution in [0.2, 0.25) is 0 Å². The maximum absolute atomic E-state index is 5.65. The number of hydrogen-bond donors (Lipinski definition) is 0. The molecule has 0 spiro atoms. The van der Waals surface area contributed by atoms with Crippen molar-refractivity contribution < 1.29 is 4.74 Å². The van der Waals surface area contributed by atoms with Gasteiger partial charge in [-0.25, -0.2) is 0 Å². The fourth-order valence-electron chi connectivity index (χ4n) is 2.71. The molecule has 0 aromatic heterocycles. The van der Waals surface area contributed by atoms with Gasteiger partial charge in [0, 0.05) is 6.61 Å². The van der Waals surface area contributed by atoms with Crippen LogP contribution in [0, 0.1) is 0 Å². The largest absolute Gasteiger partial charge is 0.378 e. The summed E-state index contributed by atoms with van der Waals surface area (Å²) in [6.07, 6.45) is 17.3. The van der Waals surface area contributed by atoms with E-state index in [4.69, 9.17) is 4.74 Å². The summed E-state index contributed by atoms with van der Waals surface area (Å²) in [5.41, 5.74) is 0. The molecule has 0 bridgehead atoms. The van der Waals surface area contributed by atoms with Crippen molar-refractivity contribution in [3.05, 3.63) is 0 Å². The zero-order chi connectivity index (χ0) is 13.6. The number of hydrogen-bond acceptors (Lipinski definition) is 2. The molecule has 0 N–H and O–H groups in total. The number of thioether (sulfide) groups is 1. The van der Waals surface area contributed by atoms with Crippen molar-refractivity contribution in [2.75, 3.05) is 18.1 Å². The first-order chi connectivity index (χ1) is 9.43. The first kappa shape index (κ1) is 17.4. The third-order valence-electron chi connectivity index (χ3n) is 3.98. The second-order valence-corrected chi connectivity index (χ2v) is 7.09. The molecule has 1 heterocycles. The summed E-state index contributed by atoms with van der Waals surface area (Å²) >= 11 is 2.16. The Labute approximate surface area is 125 Å². The Morgan fingerprint density at radius 2 is 1.58 bits per heavy atom. The highest BCUT2D eigenvalue weighted by molar-refractivity contribution is 7.99. The molecule has 0 saturated carbocycles. The molecule has 1 unspecified atom stereocenters. The molecule has 1 fully saturated rings. The van der Waals surface area contributed by atoms with E-state index in [-0.39, 0.29) is 0 Å². The first-order valence-corrected chi connectivity index (χ1v) is 9.78. The minimum absolute atomic E-state index is 0.605. The van der Waals surface area contributed by atoms with Gasteiger partial charge in [0.25, 0.3) is 0 Å². The molecular weight excluding hydrogens is 252 g/mol. The average molecular weight is 287 g/mol. The van der Waals surface area contributed by atoms with Gasteiger partial charge in [-0.2, -0.15) is 11.8 Å². The van der Waals surface area contributed by atoms with Gasteiger partial charge in [0.1, 0.15) is 0 Å². The Kier molecular flexibility index (Phi) is 12.2. The van der Waals surface area contributed by atoms with Crippen LogP contribution >= 0.6 is 11.8 Å². The molecule has 2 heteroatoms. The highest BCUT2D eigenvalue weighted by Gasteiger charge is 2.14. The van der Waals surface area contributed by atoms with Crippen LogP contribution in [0.25, 0.3) is 0 Å². The standard InChI is InChI=1S/C17H34OS/c1-2-3-4-5-6-7-9-15-19-16-10-8-12-17-13-11-14-18-17/h17H,2-16H2,1H3. The maximum atomic E-state index is 5.65. The second kappa shape index (κ2) is 13.3. The van der Waals surface area contributed by atoms with Crippen LogP contribution in [0.3, 0.4) is 0 Å². The lowest BCUT2D eigenvalue weighted by Crippen LogP contribution is -2.04. The van der Waals surface area contributed by atoms with Crippen molar-refractivity contribution in [1.82, 2.24) is 0 Å². The fraction of sp³-hybridized carbons (Fsp3) is 1.00. The van der Waals surface area contributed by atoms with Crippen LogP contribution in [0.1, 0.15) is 84.0 Å². The minimum Gasteiger partial charge on any atom is -0.378 e. The van der Waals surface area contributed by atoms with E-state index in [9.17, 15) is 0 Å². The van der Waals surface area contributed by atoms with Crippen LogP contribution in [0.4, 0.5) is 0 Å². The lowest BCUT2D eigenvalue weighted by Gasteiger charge is -2.08. The van der Waals surface area contributed by atoms with Crippen molar-refractivity contribution >= 4 is 11.8 Å². The summed E-state index contributed by atoms with van der Waals surface area (Å²) in [4.78, 5) is 0. The smallest absolute Gasteiger partial charge is 0.0576 e. The van der Waals surface area contributed by atoms with E-state index in [1.807, 2.05) is 0 Å². The minimum atomic E-state index is 0.605. The Balaban J connectivity index is 1.67. The van der Waals surface area contributed by atoms with Gasteiger partial charge < -0.3 is 4.74 Å². The fourth-order valence-corrected chi connectivity index (χ4v) is 3.73. The van der Waals surface area contributed by atoms with Crippen LogP contribution in [-0.2, 0) is 4.74 Å². The van der Waals surface area contributed by atoms with Crippen molar-refractivity contribution in [1.29, 1.82) is 0 Å². The third kappa shape index (κ3) is 10.7. The van der Waals surface area contributed by atoms with Crippen LogP contribution in [0.15, 0.2) is 0 Å². The van der Waals surface area contributed by atoms with Crippen LogP contribution in [-0.4, -0.2) is 24.2 Å². The van der Waals surface area contributed by atoms with Crippen molar-refractivity contribution in [2.24, 2.45) is 0 Å². The zero-order valence-electron chi connectivity index (χ0n) is 13.0. The molecule has 1 atom stereocenters. The Morgan fingerprint density at radius 1 is 0.895 bits per heavy atom. The van der Waals surface area contributed by atoms with Crippen molar-refractivity contribution in [2.45, 2.75) is 90.1 Å². The summed E-state index contributed by atoms with van der Waals surface area (Å²) in [5.74, 6) is 2.75. The predicted molar refractivity (Wildman–Crippen MR) is 88.1 cm³/mol. The quantitative estimate of drug-likeness (QED) is 0.395. The highest BCUT2D eigenvalue weighted by atomic mass is 32.2. The molecule has 0 radical (unpaired) electrons. The summed E-state index contributed by atoms with van der Waals surface area (Å²) in [6.45, 7) is 3.30. The molecule has 1 aliphatic heterocycles. The molecule has 1 rings (SSSR count). The van der Waals surface area contributed by atoms with Crippen molar-refractivity contribution in [3.8, 4) is 0 Å². The molecule has 0 amide bonds. The van der Waals surface area contributed by atoms with E-state index >= 15 is 0 Å². The molecule has 0 aromatic carbocycles. The number of ether oxygens (including phenoxy) is 1. The van der Waals surface area contributed by atoms with Crippen molar-refractivity contribution in [3.63, 3.8) is 0 Å². The van der Waals surface area contributed by atoms with Crippen LogP contribution < -0.4 is 0 Å². The number of rotatable bonds is 13.